The molecule has 2 aliphatic rings. The smallest absolute Gasteiger partial charge is 0.120 e. The van der Waals surface area contributed by atoms with Gasteiger partial charge in [-0.15, -0.1) is 0 Å². The molecule has 0 aromatic heterocycles. The van der Waals surface area contributed by atoms with Crippen molar-refractivity contribution in [3.63, 3.8) is 0 Å². The summed E-state index contributed by atoms with van der Waals surface area (Å²) in [6, 6.07) is 7.31. The second-order valence-corrected chi connectivity index (χ2v) is 6.70. The van der Waals surface area contributed by atoms with Crippen molar-refractivity contribution in [2.24, 2.45) is 5.92 Å². The highest BCUT2D eigenvalue weighted by atomic mass is 16.5. The topological polar surface area (TPSA) is 21.3 Å². The Balaban J connectivity index is 1.74. The van der Waals surface area contributed by atoms with Crippen LogP contribution in [0.4, 0.5) is 0 Å². The van der Waals surface area contributed by atoms with E-state index in [9.17, 15) is 0 Å². The maximum atomic E-state index is 6.37. The van der Waals surface area contributed by atoms with Crippen molar-refractivity contribution >= 4 is 0 Å². The number of aryl methyl sites for hydroxylation is 1. The van der Waals surface area contributed by atoms with Crippen molar-refractivity contribution in [2.45, 2.75) is 70.4 Å². The van der Waals surface area contributed by atoms with Crippen LogP contribution in [0.1, 0.15) is 69.0 Å². The number of rotatable bonds is 4. The predicted octanol–water partition coefficient (Wildman–Crippen LogP) is 4.63. The third kappa shape index (κ3) is 3.26. The van der Waals surface area contributed by atoms with Crippen LogP contribution < -0.4 is 10.1 Å². The van der Waals surface area contributed by atoms with Crippen LogP contribution in [0, 0.1) is 5.92 Å². The summed E-state index contributed by atoms with van der Waals surface area (Å²) in [7, 11) is 2.07. The monoisotopic (exact) mass is 287 g/mol. The minimum atomic E-state index is 0.436. The van der Waals surface area contributed by atoms with E-state index in [1.54, 1.807) is 0 Å². The lowest BCUT2D eigenvalue weighted by Gasteiger charge is -2.32. The van der Waals surface area contributed by atoms with E-state index < -0.39 is 0 Å². The van der Waals surface area contributed by atoms with Crippen molar-refractivity contribution in [1.82, 2.24) is 5.32 Å². The fourth-order valence-electron chi connectivity index (χ4n) is 4.13. The van der Waals surface area contributed by atoms with Gasteiger partial charge in [0, 0.05) is 6.04 Å². The molecule has 116 valence electrons. The Morgan fingerprint density at radius 2 is 2.00 bits per heavy atom. The SMILES string of the molecule is CCC1CCCCC1Oc1ccc2c(c1)CCCC2NC. The van der Waals surface area contributed by atoms with Gasteiger partial charge in [0.1, 0.15) is 11.9 Å². The minimum Gasteiger partial charge on any atom is -0.490 e. The molecule has 3 unspecified atom stereocenters. The van der Waals surface area contributed by atoms with Gasteiger partial charge in [0.15, 0.2) is 0 Å². The van der Waals surface area contributed by atoms with Crippen LogP contribution in [0.15, 0.2) is 18.2 Å². The predicted molar refractivity (Wildman–Crippen MR) is 87.8 cm³/mol. The second-order valence-electron chi connectivity index (χ2n) is 6.70. The Morgan fingerprint density at radius 1 is 1.14 bits per heavy atom. The van der Waals surface area contributed by atoms with Crippen LogP contribution in [-0.2, 0) is 6.42 Å². The van der Waals surface area contributed by atoms with Crippen molar-refractivity contribution < 1.29 is 4.74 Å². The molecule has 1 aromatic rings. The average Bonchev–Trinajstić information content (AvgIpc) is 2.54. The summed E-state index contributed by atoms with van der Waals surface area (Å²) in [5.74, 6) is 1.84. The highest BCUT2D eigenvalue weighted by Gasteiger charge is 2.26. The molecule has 3 atom stereocenters. The molecule has 0 bridgehead atoms. The third-order valence-electron chi connectivity index (χ3n) is 5.43. The summed E-state index contributed by atoms with van der Waals surface area (Å²) in [6.45, 7) is 2.30. The summed E-state index contributed by atoms with van der Waals surface area (Å²) < 4.78 is 6.37. The normalized spacial score (nSPS) is 29.0. The first-order valence-corrected chi connectivity index (χ1v) is 8.78. The van der Waals surface area contributed by atoms with Gasteiger partial charge in [0.25, 0.3) is 0 Å². The quantitative estimate of drug-likeness (QED) is 0.871. The van der Waals surface area contributed by atoms with Crippen LogP contribution in [0.25, 0.3) is 0 Å². The molecular weight excluding hydrogens is 258 g/mol. The molecule has 0 radical (unpaired) electrons. The zero-order valence-electron chi connectivity index (χ0n) is 13.5. The maximum absolute atomic E-state index is 6.37. The Morgan fingerprint density at radius 3 is 2.81 bits per heavy atom. The fraction of sp³-hybridized carbons (Fsp3) is 0.684. The molecule has 0 saturated heterocycles. The van der Waals surface area contributed by atoms with Crippen LogP contribution in [0.5, 0.6) is 5.75 Å². The van der Waals surface area contributed by atoms with Crippen molar-refractivity contribution in [3.05, 3.63) is 29.3 Å². The number of hydrogen-bond donors (Lipinski definition) is 1. The van der Waals surface area contributed by atoms with Crippen LogP contribution >= 0.6 is 0 Å². The molecule has 1 saturated carbocycles. The molecule has 1 aromatic carbocycles. The summed E-state index contributed by atoms with van der Waals surface area (Å²) in [6.07, 6.45) is 10.7. The third-order valence-corrected chi connectivity index (χ3v) is 5.43. The van der Waals surface area contributed by atoms with E-state index in [0.717, 1.165) is 11.7 Å². The first-order valence-electron chi connectivity index (χ1n) is 8.78. The molecule has 1 N–H and O–H groups in total. The Labute approximate surface area is 129 Å². The van der Waals surface area contributed by atoms with E-state index in [1.165, 1.54) is 62.5 Å². The van der Waals surface area contributed by atoms with Gasteiger partial charge in [0.05, 0.1) is 0 Å². The highest BCUT2D eigenvalue weighted by Crippen LogP contribution is 2.34. The maximum Gasteiger partial charge on any atom is 0.120 e. The van der Waals surface area contributed by atoms with Crippen LogP contribution in [0.2, 0.25) is 0 Å². The lowest BCUT2D eigenvalue weighted by molar-refractivity contribution is 0.0902. The second kappa shape index (κ2) is 6.83. The molecule has 0 spiro atoms. The van der Waals surface area contributed by atoms with Crippen LogP contribution in [-0.4, -0.2) is 13.2 Å². The first kappa shape index (κ1) is 14.9. The van der Waals surface area contributed by atoms with E-state index in [4.69, 9.17) is 4.74 Å². The van der Waals surface area contributed by atoms with Crippen molar-refractivity contribution in [3.8, 4) is 5.75 Å². The van der Waals surface area contributed by atoms with Gasteiger partial charge >= 0.3 is 0 Å². The molecule has 0 amide bonds. The van der Waals surface area contributed by atoms with Gasteiger partial charge in [-0.1, -0.05) is 19.4 Å². The molecule has 0 aliphatic heterocycles. The average molecular weight is 287 g/mol. The van der Waals surface area contributed by atoms with Gasteiger partial charge < -0.3 is 10.1 Å². The summed E-state index contributed by atoms with van der Waals surface area (Å²) in [5, 5.41) is 3.44. The molecule has 2 nitrogen and oxygen atoms in total. The van der Waals surface area contributed by atoms with Gasteiger partial charge in [-0.2, -0.15) is 0 Å². The van der Waals surface area contributed by atoms with Gasteiger partial charge in [-0.05, 0) is 81.2 Å². The Kier molecular flexibility index (Phi) is 4.84. The summed E-state index contributed by atoms with van der Waals surface area (Å²) in [4.78, 5) is 0. The largest absolute Gasteiger partial charge is 0.490 e. The number of benzene rings is 1. The molecule has 0 heterocycles. The zero-order chi connectivity index (χ0) is 14.7. The van der Waals surface area contributed by atoms with E-state index >= 15 is 0 Å². The number of nitrogens with one attached hydrogen (secondary N) is 1. The van der Waals surface area contributed by atoms with E-state index in [-0.39, 0.29) is 0 Å². The molecule has 3 rings (SSSR count). The Hall–Kier alpha value is -1.02. The first-order chi connectivity index (χ1) is 10.3. The molecule has 21 heavy (non-hydrogen) atoms. The lowest BCUT2D eigenvalue weighted by atomic mass is 9.84. The van der Waals surface area contributed by atoms with Gasteiger partial charge in [0.2, 0.25) is 0 Å². The summed E-state index contributed by atoms with van der Waals surface area (Å²) >= 11 is 0. The standard InChI is InChI=1S/C19H29NO/c1-3-14-7-4-5-10-19(14)21-16-11-12-17-15(13-16)8-6-9-18(17)20-2/h11-14,18-20H,3-10H2,1-2H3. The van der Waals surface area contributed by atoms with E-state index in [1.807, 2.05) is 0 Å². The van der Waals surface area contributed by atoms with Crippen LogP contribution in [0.3, 0.4) is 0 Å². The fourth-order valence-corrected chi connectivity index (χ4v) is 4.13. The molecular formula is C19H29NO. The Bertz CT molecular complexity index is 471. The molecule has 2 heteroatoms. The highest BCUT2D eigenvalue weighted by molar-refractivity contribution is 5.39. The minimum absolute atomic E-state index is 0.436. The van der Waals surface area contributed by atoms with Crippen molar-refractivity contribution in [1.29, 1.82) is 0 Å². The van der Waals surface area contributed by atoms with E-state index in [0.29, 0.717) is 12.1 Å². The zero-order valence-corrected chi connectivity index (χ0v) is 13.5. The van der Waals surface area contributed by atoms with Crippen molar-refractivity contribution in [2.75, 3.05) is 7.05 Å². The number of fused-ring (bicyclic) bond motifs is 1. The number of hydrogen-bond acceptors (Lipinski definition) is 2. The van der Waals surface area contributed by atoms with Gasteiger partial charge in [-0.25, -0.2) is 0 Å². The molecule has 1 fully saturated rings. The lowest BCUT2D eigenvalue weighted by Crippen LogP contribution is -2.30. The summed E-state index contributed by atoms with van der Waals surface area (Å²) in [5.41, 5.74) is 2.97. The molecule has 2 aliphatic carbocycles. The number of ether oxygens (including phenoxy) is 1. The van der Waals surface area contributed by atoms with Gasteiger partial charge in [-0.3, -0.25) is 0 Å². The van der Waals surface area contributed by atoms with E-state index in [2.05, 4.69) is 37.5 Å².